The Morgan fingerprint density at radius 1 is 1.23 bits per heavy atom. The number of nitrogens with two attached hydrogens (primary N) is 2. The first-order chi connectivity index (χ1) is 5.88. The minimum atomic E-state index is -4.33. The van der Waals surface area contributed by atoms with Gasteiger partial charge in [-0.2, -0.15) is 13.2 Å². The van der Waals surface area contributed by atoms with E-state index >= 15 is 0 Å². The fourth-order valence-electron chi connectivity index (χ4n) is 0.617. The van der Waals surface area contributed by atoms with Crippen molar-refractivity contribution in [2.75, 3.05) is 0 Å². The third-order valence-corrected chi connectivity index (χ3v) is 1.20. The molecule has 2 nitrogen and oxygen atoms in total. The topological polar surface area (TPSA) is 52.0 Å². The third-order valence-electron chi connectivity index (χ3n) is 1.20. The lowest BCUT2D eigenvalue weighted by atomic mass is 10.2. The second kappa shape index (κ2) is 4.59. The molecule has 0 radical (unpaired) electrons. The van der Waals surface area contributed by atoms with Gasteiger partial charge in [0.15, 0.2) is 0 Å². The number of alkyl halides is 3. The van der Waals surface area contributed by atoms with Crippen LogP contribution in [0.4, 0.5) is 13.2 Å². The van der Waals surface area contributed by atoms with Crippen LogP contribution in [0.25, 0.3) is 0 Å². The summed E-state index contributed by atoms with van der Waals surface area (Å²) in [5, 5.41) is 0. The molecule has 0 bridgehead atoms. The minimum absolute atomic E-state index is 0.0334. The zero-order valence-corrected chi connectivity index (χ0v) is 7.10. The van der Waals surface area contributed by atoms with E-state index in [4.69, 9.17) is 11.5 Å². The number of halogens is 3. The first-order valence-electron chi connectivity index (χ1n) is 3.50. The highest BCUT2D eigenvalue weighted by Gasteiger charge is 2.30. The summed E-state index contributed by atoms with van der Waals surface area (Å²) in [7, 11) is 0. The summed E-state index contributed by atoms with van der Waals surface area (Å²) < 4.78 is 36.1. The smallest absolute Gasteiger partial charge is 0.386 e. The van der Waals surface area contributed by atoms with Gasteiger partial charge in [0, 0.05) is 0 Å². The van der Waals surface area contributed by atoms with E-state index in [0.29, 0.717) is 0 Å². The number of allylic oxidation sites excluding steroid dienone is 5. The predicted octanol–water partition coefficient (Wildman–Crippen LogP) is 1.81. The highest BCUT2D eigenvalue weighted by atomic mass is 19.4. The lowest BCUT2D eigenvalue weighted by molar-refractivity contribution is -0.0883. The van der Waals surface area contributed by atoms with Gasteiger partial charge in [0.2, 0.25) is 0 Å². The molecule has 5 heteroatoms. The zero-order valence-electron chi connectivity index (χ0n) is 7.10. The molecule has 0 aromatic heterocycles. The Morgan fingerprint density at radius 2 is 1.77 bits per heavy atom. The first-order valence-corrected chi connectivity index (χ1v) is 3.50. The van der Waals surface area contributed by atoms with Gasteiger partial charge in [0.25, 0.3) is 0 Å². The van der Waals surface area contributed by atoms with Crippen LogP contribution in [-0.2, 0) is 0 Å². The van der Waals surface area contributed by atoms with Crippen molar-refractivity contribution < 1.29 is 13.2 Å². The van der Waals surface area contributed by atoms with Crippen LogP contribution >= 0.6 is 0 Å². The SMILES string of the molecule is C/C=C(\C=C/C=C(N)N)C(F)(F)F. The van der Waals surface area contributed by atoms with E-state index in [0.717, 1.165) is 18.2 Å². The van der Waals surface area contributed by atoms with Crippen LogP contribution < -0.4 is 11.5 Å². The Morgan fingerprint density at radius 3 is 2.08 bits per heavy atom. The molecule has 0 aliphatic rings. The summed E-state index contributed by atoms with van der Waals surface area (Å²) in [5.41, 5.74) is 9.30. The number of hydrogen-bond acceptors (Lipinski definition) is 2. The second-order valence-corrected chi connectivity index (χ2v) is 2.27. The van der Waals surface area contributed by atoms with Gasteiger partial charge < -0.3 is 11.5 Å². The molecule has 74 valence electrons. The predicted molar refractivity (Wildman–Crippen MR) is 45.4 cm³/mol. The maximum atomic E-state index is 12.0. The normalized spacial score (nSPS) is 13.4. The molecule has 0 fully saturated rings. The molecule has 0 atom stereocenters. The third kappa shape index (κ3) is 4.95. The highest BCUT2D eigenvalue weighted by molar-refractivity contribution is 5.26. The molecule has 0 saturated carbocycles. The average Bonchev–Trinajstić information content (AvgIpc) is 1.95. The summed E-state index contributed by atoms with van der Waals surface area (Å²) in [6.07, 6.45) is -0.118. The van der Waals surface area contributed by atoms with Crippen molar-refractivity contribution in [1.29, 1.82) is 0 Å². The largest absolute Gasteiger partial charge is 0.416 e. The van der Waals surface area contributed by atoms with Gasteiger partial charge >= 0.3 is 6.18 Å². The van der Waals surface area contributed by atoms with E-state index in [1.54, 1.807) is 0 Å². The van der Waals surface area contributed by atoms with Crippen LogP contribution in [0.1, 0.15) is 6.92 Å². The monoisotopic (exact) mass is 192 g/mol. The van der Waals surface area contributed by atoms with E-state index in [9.17, 15) is 13.2 Å². The van der Waals surface area contributed by atoms with Crippen molar-refractivity contribution in [3.05, 3.63) is 35.7 Å². The van der Waals surface area contributed by atoms with Crippen LogP contribution in [0, 0.1) is 0 Å². The van der Waals surface area contributed by atoms with Gasteiger partial charge in [-0.25, -0.2) is 0 Å². The van der Waals surface area contributed by atoms with Crippen LogP contribution in [0.2, 0.25) is 0 Å². The molecule has 0 aliphatic heterocycles. The van der Waals surface area contributed by atoms with Gasteiger partial charge in [0.1, 0.15) is 0 Å². The van der Waals surface area contributed by atoms with Crippen molar-refractivity contribution in [1.82, 2.24) is 0 Å². The molecular weight excluding hydrogens is 181 g/mol. The molecular formula is C8H11F3N2. The molecule has 4 N–H and O–H groups in total. The summed E-state index contributed by atoms with van der Waals surface area (Å²) in [5.74, 6) is -0.0334. The molecule has 0 aliphatic carbocycles. The Bertz CT molecular complexity index is 245. The Labute approximate surface area is 74.4 Å². The zero-order chi connectivity index (χ0) is 10.5. The lowest BCUT2D eigenvalue weighted by Crippen LogP contribution is -2.09. The van der Waals surface area contributed by atoms with Gasteiger partial charge in [-0.05, 0) is 13.0 Å². The van der Waals surface area contributed by atoms with Crippen LogP contribution in [-0.4, -0.2) is 6.18 Å². The van der Waals surface area contributed by atoms with E-state index in [1.165, 1.54) is 13.0 Å². The first kappa shape index (κ1) is 11.6. The van der Waals surface area contributed by atoms with E-state index in [-0.39, 0.29) is 5.82 Å². The van der Waals surface area contributed by atoms with Crippen LogP contribution in [0.3, 0.4) is 0 Å². The standard InChI is InChI=1S/C8H11F3N2/c1-2-6(8(9,10)11)4-3-5-7(12)13/h2-5H,12-13H2,1H3/b4-3-,6-2+. The quantitative estimate of drug-likeness (QED) is 0.655. The molecule has 0 amide bonds. The van der Waals surface area contributed by atoms with E-state index in [2.05, 4.69) is 0 Å². The molecule has 0 rings (SSSR count). The van der Waals surface area contributed by atoms with Gasteiger partial charge in [-0.1, -0.05) is 18.2 Å². The Hall–Kier alpha value is -1.39. The van der Waals surface area contributed by atoms with Crippen molar-refractivity contribution in [3.8, 4) is 0 Å². The average molecular weight is 192 g/mol. The van der Waals surface area contributed by atoms with Crippen LogP contribution in [0.15, 0.2) is 35.7 Å². The summed E-state index contributed by atoms with van der Waals surface area (Å²) in [6.45, 7) is 1.31. The maximum absolute atomic E-state index is 12.0. The van der Waals surface area contributed by atoms with Crippen LogP contribution in [0.5, 0.6) is 0 Å². The lowest BCUT2D eigenvalue weighted by Gasteiger charge is -2.05. The van der Waals surface area contributed by atoms with E-state index < -0.39 is 11.7 Å². The molecule has 0 heterocycles. The van der Waals surface area contributed by atoms with Crippen molar-refractivity contribution in [2.24, 2.45) is 11.5 Å². The summed E-state index contributed by atoms with van der Waals surface area (Å²) >= 11 is 0. The molecule has 0 unspecified atom stereocenters. The summed E-state index contributed by atoms with van der Waals surface area (Å²) in [4.78, 5) is 0. The van der Waals surface area contributed by atoms with Crippen molar-refractivity contribution in [3.63, 3.8) is 0 Å². The molecule has 0 aromatic carbocycles. The molecule has 0 aromatic rings. The van der Waals surface area contributed by atoms with Gasteiger partial charge in [0.05, 0.1) is 11.4 Å². The Balaban J connectivity index is 4.51. The molecule has 0 saturated heterocycles. The fraction of sp³-hybridized carbons (Fsp3) is 0.250. The highest BCUT2D eigenvalue weighted by Crippen LogP contribution is 2.26. The fourth-order valence-corrected chi connectivity index (χ4v) is 0.617. The summed E-state index contributed by atoms with van der Waals surface area (Å²) in [6, 6.07) is 0. The second-order valence-electron chi connectivity index (χ2n) is 2.27. The number of rotatable bonds is 2. The Kier molecular flexibility index (Phi) is 4.10. The van der Waals surface area contributed by atoms with Crippen molar-refractivity contribution in [2.45, 2.75) is 13.1 Å². The number of hydrogen-bond donors (Lipinski definition) is 2. The minimum Gasteiger partial charge on any atom is -0.386 e. The van der Waals surface area contributed by atoms with Gasteiger partial charge in [-0.3, -0.25) is 0 Å². The van der Waals surface area contributed by atoms with Crippen molar-refractivity contribution >= 4 is 0 Å². The van der Waals surface area contributed by atoms with E-state index in [1.807, 2.05) is 0 Å². The van der Waals surface area contributed by atoms with Gasteiger partial charge in [-0.15, -0.1) is 0 Å². The molecule has 13 heavy (non-hydrogen) atoms. The molecule has 0 spiro atoms. The maximum Gasteiger partial charge on any atom is 0.416 e.